The van der Waals surface area contributed by atoms with Gasteiger partial charge < -0.3 is 40.3 Å². The Balaban J connectivity index is 0.938. The molecule has 1 saturated carbocycles. The van der Waals surface area contributed by atoms with Gasteiger partial charge in [-0.2, -0.15) is 5.26 Å². The number of hydrogen-bond donors (Lipinski definition) is 4. The van der Waals surface area contributed by atoms with E-state index in [1.807, 2.05) is 74.9 Å². The van der Waals surface area contributed by atoms with E-state index < -0.39 is 36.1 Å². The number of likely N-dealkylation sites (tertiary alicyclic amines) is 1. The predicted octanol–water partition coefficient (Wildman–Crippen LogP) is 6.87. The van der Waals surface area contributed by atoms with Crippen LogP contribution in [0.2, 0.25) is 5.02 Å². The van der Waals surface area contributed by atoms with E-state index in [1.54, 1.807) is 36.5 Å². The Hall–Kier alpha value is -5.37. The molecule has 67 heavy (non-hydrogen) atoms. The first-order chi connectivity index (χ1) is 31.7. The van der Waals surface area contributed by atoms with Crippen LogP contribution in [0.5, 0.6) is 5.75 Å². The molecule has 4 aromatic rings. The number of likely N-dealkylation sites (N-methyl/N-ethyl adjacent to an activating group) is 1. The number of aliphatic hydroxyl groups is 1. The third-order valence-corrected chi connectivity index (χ3v) is 14.5. The quantitative estimate of drug-likeness (QED) is 0.0724. The van der Waals surface area contributed by atoms with Crippen LogP contribution in [0.3, 0.4) is 0 Å². The Kier molecular flexibility index (Phi) is 16.5. The summed E-state index contributed by atoms with van der Waals surface area (Å²) in [5, 5.41) is 29.2. The maximum atomic E-state index is 14.0. The zero-order valence-electron chi connectivity index (χ0n) is 39.9. The Morgan fingerprint density at radius 1 is 1.01 bits per heavy atom. The number of aliphatic hydroxyl groups excluding tert-OH is 1. The number of halogens is 1. The molecule has 1 aliphatic carbocycles. The lowest BCUT2D eigenvalue weighted by Crippen LogP contribution is -2.74. The fourth-order valence-corrected chi connectivity index (χ4v) is 10.8. The molecule has 3 aromatic carbocycles. The van der Waals surface area contributed by atoms with Gasteiger partial charge >= 0.3 is 0 Å². The van der Waals surface area contributed by atoms with Crippen molar-refractivity contribution in [2.75, 3.05) is 33.3 Å². The molecule has 358 valence electrons. The number of nitriles is 1. The van der Waals surface area contributed by atoms with Crippen LogP contribution in [0.25, 0.3) is 10.4 Å². The van der Waals surface area contributed by atoms with Crippen LogP contribution in [0.4, 0.5) is 0 Å². The number of aromatic nitrogens is 1. The number of thiazole rings is 1. The SMILES string of the molecule is CC(=O)N[C@H](C(=O)N1C[C@H](O)C[C@H]1C(=O)N[C@@H](C)c1ccc(-c2scnc2C)cc1)[C@@H](C)OCCCN(C)CCc1ccc(C(=O)N[C@H]2C(C)(C)[C@H](Oc3ccc(C#N)c(Cl)c3)C2(C)C)cc1. The van der Waals surface area contributed by atoms with Gasteiger partial charge in [-0.3, -0.25) is 19.2 Å². The minimum absolute atomic E-state index is 0.0371. The van der Waals surface area contributed by atoms with Crippen LogP contribution in [-0.4, -0.2) is 113 Å². The smallest absolute Gasteiger partial charge is 0.251 e. The minimum atomic E-state index is -1.06. The molecule has 0 unspecified atom stereocenters. The maximum absolute atomic E-state index is 14.0. The molecular weight excluding hydrogens is 890 g/mol. The third kappa shape index (κ3) is 12.0. The highest BCUT2D eigenvalue weighted by Crippen LogP contribution is 2.55. The summed E-state index contributed by atoms with van der Waals surface area (Å²) in [5.41, 5.74) is 6.00. The minimum Gasteiger partial charge on any atom is -0.489 e. The summed E-state index contributed by atoms with van der Waals surface area (Å²) < 4.78 is 12.5. The number of rotatable bonds is 19. The van der Waals surface area contributed by atoms with Gasteiger partial charge in [0.25, 0.3) is 5.91 Å². The van der Waals surface area contributed by atoms with Crippen molar-refractivity contribution < 1.29 is 33.8 Å². The first-order valence-corrected chi connectivity index (χ1v) is 24.1. The van der Waals surface area contributed by atoms with Crippen molar-refractivity contribution >= 4 is 46.6 Å². The maximum Gasteiger partial charge on any atom is 0.251 e. The standard InChI is InChI=1S/C51H64ClN7O7S/c1-30(35-15-17-36(18-16-35)44-31(2)54-29-67-44)55-46(63)42-25-39(61)28-59(42)47(64)43(56-33(4)60)32(3)65-24-10-22-58(9)23-21-34-11-13-37(14-12-34)45(62)57-48-50(5,6)49(51(48,7)8)66-40-20-19-38(27-53)41(52)26-40/h11-20,26,29-30,32,39,42-43,48-49,61H,10,21-25,28H2,1-9H3,(H,55,63)(H,56,60)(H,57,62)/t30-,32+,39+,42-,43-,48-,49-/m0/s1. The van der Waals surface area contributed by atoms with E-state index in [0.29, 0.717) is 41.5 Å². The van der Waals surface area contributed by atoms with Crippen molar-refractivity contribution in [1.29, 1.82) is 5.26 Å². The van der Waals surface area contributed by atoms with Gasteiger partial charge in [-0.05, 0) is 81.6 Å². The molecule has 2 heterocycles. The van der Waals surface area contributed by atoms with Gasteiger partial charge in [0.15, 0.2) is 0 Å². The number of carbonyl (C=O) groups excluding carboxylic acids is 4. The Bertz CT molecular complexity index is 2420. The van der Waals surface area contributed by atoms with Gasteiger partial charge in [-0.25, -0.2) is 4.98 Å². The number of carbonyl (C=O) groups is 4. The highest BCUT2D eigenvalue weighted by atomic mass is 35.5. The number of nitrogens with one attached hydrogen (secondary N) is 3. The van der Waals surface area contributed by atoms with E-state index in [4.69, 9.17) is 21.1 Å². The second kappa shape index (κ2) is 21.7. The first kappa shape index (κ1) is 51.0. The molecule has 5 atom stereocenters. The summed E-state index contributed by atoms with van der Waals surface area (Å²) in [4.78, 5) is 62.4. The van der Waals surface area contributed by atoms with E-state index >= 15 is 0 Å². The summed E-state index contributed by atoms with van der Waals surface area (Å²) >= 11 is 7.82. The van der Waals surface area contributed by atoms with E-state index in [2.05, 4.69) is 59.6 Å². The van der Waals surface area contributed by atoms with Crippen molar-refractivity contribution in [2.45, 2.75) is 117 Å². The number of amides is 4. The lowest BCUT2D eigenvalue weighted by molar-refractivity contribution is -0.164. The van der Waals surface area contributed by atoms with Gasteiger partial charge in [0.05, 0.1) is 44.9 Å². The number of benzene rings is 3. The Morgan fingerprint density at radius 2 is 1.70 bits per heavy atom. The summed E-state index contributed by atoms with van der Waals surface area (Å²) in [6, 6.07) is 20.2. The van der Waals surface area contributed by atoms with Crippen LogP contribution >= 0.6 is 22.9 Å². The third-order valence-electron chi connectivity index (χ3n) is 13.2. The normalized spacial score (nSPS) is 20.8. The van der Waals surface area contributed by atoms with Gasteiger partial charge in [-0.15, -0.1) is 11.3 Å². The molecule has 2 fully saturated rings. The van der Waals surface area contributed by atoms with Crippen LogP contribution in [-0.2, 0) is 25.5 Å². The number of nitrogens with zero attached hydrogens (tertiary/aromatic N) is 4. The topological polar surface area (TPSA) is 186 Å². The van der Waals surface area contributed by atoms with Crippen molar-refractivity contribution in [2.24, 2.45) is 10.8 Å². The second-order valence-corrected chi connectivity index (χ2v) is 20.4. The lowest BCUT2D eigenvalue weighted by Gasteiger charge is -2.63. The molecule has 14 nitrogen and oxygen atoms in total. The summed E-state index contributed by atoms with van der Waals surface area (Å²) in [6.07, 6.45) is -0.290. The van der Waals surface area contributed by atoms with E-state index in [9.17, 15) is 29.5 Å². The molecule has 2 aliphatic rings. The average molecular weight is 955 g/mol. The molecule has 16 heteroatoms. The Labute approximate surface area is 403 Å². The second-order valence-electron chi connectivity index (χ2n) is 19.2. The number of β-amino-alcohol motifs (C(OH)–C–C–N with tert-alkyl or cyclic N) is 1. The van der Waals surface area contributed by atoms with Crippen molar-refractivity contribution in [3.63, 3.8) is 0 Å². The number of ether oxygens (including phenoxy) is 2. The molecule has 4 N–H and O–H groups in total. The van der Waals surface area contributed by atoms with Crippen LogP contribution in [0.15, 0.2) is 72.2 Å². The summed E-state index contributed by atoms with van der Waals surface area (Å²) in [5.74, 6) is -0.854. The summed E-state index contributed by atoms with van der Waals surface area (Å²) in [6.45, 7) is 17.0. The fourth-order valence-electron chi connectivity index (χ4n) is 9.74. The van der Waals surface area contributed by atoms with Gasteiger partial charge in [0, 0.05) is 68.1 Å². The molecule has 0 spiro atoms. The van der Waals surface area contributed by atoms with E-state index in [-0.39, 0.29) is 53.8 Å². The Morgan fingerprint density at radius 3 is 2.31 bits per heavy atom. The molecule has 1 aliphatic heterocycles. The van der Waals surface area contributed by atoms with Crippen molar-refractivity contribution in [1.82, 2.24) is 30.7 Å². The van der Waals surface area contributed by atoms with Crippen molar-refractivity contribution in [3.05, 3.63) is 105 Å². The van der Waals surface area contributed by atoms with Crippen LogP contribution in [0, 0.1) is 29.1 Å². The molecule has 4 amide bonds. The molecule has 1 aromatic heterocycles. The summed E-state index contributed by atoms with van der Waals surface area (Å²) in [7, 11) is 2.02. The molecule has 1 saturated heterocycles. The lowest BCUT2D eigenvalue weighted by atomic mass is 9.49. The van der Waals surface area contributed by atoms with Crippen LogP contribution < -0.4 is 20.7 Å². The van der Waals surface area contributed by atoms with Crippen molar-refractivity contribution in [3.8, 4) is 22.3 Å². The zero-order valence-corrected chi connectivity index (χ0v) is 41.5. The average Bonchev–Trinajstić information content (AvgIpc) is 3.91. The molecule has 0 radical (unpaired) electrons. The number of aryl methyl sites for hydroxylation is 1. The fraction of sp³-hybridized carbons (Fsp3) is 0.490. The monoisotopic (exact) mass is 953 g/mol. The number of hydrogen-bond acceptors (Lipinski definition) is 11. The molecular formula is C51H64ClN7O7S. The largest absolute Gasteiger partial charge is 0.489 e. The zero-order chi connectivity index (χ0) is 48.8. The molecule has 6 rings (SSSR count). The van der Waals surface area contributed by atoms with Gasteiger partial charge in [0.1, 0.15) is 30.0 Å². The molecule has 0 bridgehead atoms. The van der Waals surface area contributed by atoms with E-state index in [0.717, 1.165) is 40.2 Å². The predicted molar refractivity (Wildman–Crippen MR) is 260 cm³/mol. The van der Waals surface area contributed by atoms with Gasteiger partial charge in [-0.1, -0.05) is 75.7 Å². The first-order valence-electron chi connectivity index (χ1n) is 22.8. The highest BCUT2D eigenvalue weighted by Gasteiger charge is 2.64. The highest BCUT2D eigenvalue weighted by molar-refractivity contribution is 7.13. The van der Waals surface area contributed by atoms with Gasteiger partial charge in [0.2, 0.25) is 17.7 Å². The van der Waals surface area contributed by atoms with Crippen LogP contribution in [0.1, 0.15) is 100 Å². The van der Waals surface area contributed by atoms with E-state index in [1.165, 1.54) is 11.8 Å².